The van der Waals surface area contributed by atoms with Crippen LogP contribution in [0.4, 0.5) is 11.4 Å². The fourth-order valence-corrected chi connectivity index (χ4v) is 2.38. The van der Waals surface area contributed by atoms with E-state index in [1.165, 1.54) is 18.2 Å². The van der Waals surface area contributed by atoms with E-state index in [4.69, 9.17) is 5.11 Å². The average Bonchev–Trinajstić information content (AvgIpc) is 2.25. The summed E-state index contributed by atoms with van der Waals surface area (Å²) in [6, 6.07) is 3.98. The summed E-state index contributed by atoms with van der Waals surface area (Å²) in [7, 11) is -3.94. The van der Waals surface area contributed by atoms with Crippen LogP contribution in [0.2, 0.25) is 0 Å². The van der Waals surface area contributed by atoms with E-state index in [-0.39, 0.29) is 11.4 Å². The first kappa shape index (κ1) is 14.9. The number of aliphatic carboxylic acids is 1. The fourth-order valence-electron chi connectivity index (χ4n) is 1.33. The van der Waals surface area contributed by atoms with Gasteiger partial charge in [-0.05, 0) is 18.6 Å². The average molecular weight is 288 g/mol. The molecule has 1 rings (SSSR count). The van der Waals surface area contributed by atoms with E-state index in [1.54, 1.807) is 6.92 Å². The fraction of sp³-hybridized carbons (Fsp3) is 0.300. The summed E-state index contributed by atoms with van der Waals surface area (Å²) in [6.07, 6.45) is -0.574. The largest absolute Gasteiger partial charge is 0.481 e. The maximum atomic E-state index is 11.6. The lowest BCUT2D eigenvalue weighted by atomic mass is 10.2. The minimum absolute atomic E-state index is 0.171. The van der Waals surface area contributed by atoms with Crippen molar-refractivity contribution in [1.29, 1.82) is 0 Å². The Morgan fingerprint density at radius 3 is 2.63 bits per heavy atom. The quantitative estimate of drug-likeness (QED) is 0.596. The normalized spacial score (nSPS) is 11.0. The van der Waals surface area contributed by atoms with Crippen LogP contribution in [0.5, 0.6) is 0 Å². The Morgan fingerprint density at radius 1 is 1.47 bits per heavy atom. The highest BCUT2D eigenvalue weighted by Gasteiger charge is 2.19. The van der Waals surface area contributed by atoms with Crippen molar-refractivity contribution in [2.24, 2.45) is 0 Å². The summed E-state index contributed by atoms with van der Waals surface area (Å²) in [5, 5.41) is 19.2. The first-order valence-corrected chi connectivity index (χ1v) is 6.84. The summed E-state index contributed by atoms with van der Waals surface area (Å²) in [4.78, 5) is 20.4. The van der Waals surface area contributed by atoms with Crippen molar-refractivity contribution in [2.75, 3.05) is 10.5 Å². The topological polar surface area (TPSA) is 127 Å². The van der Waals surface area contributed by atoms with Gasteiger partial charge in [0.25, 0.3) is 5.69 Å². The number of carbonyl (C=O) groups is 1. The van der Waals surface area contributed by atoms with Gasteiger partial charge in [-0.15, -0.1) is 0 Å². The SMILES string of the molecule is Cc1ccc([N+](=O)[O-])c(NS(=O)(=O)CCC(=O)O)c1. The zero-order chi connectivity index (χ0) is 14.6. The molecule has 1 aromatic carbocycles. The van der Waals surface area contributed by atoms with E-state index in [0.29, 0.717) is 5.56 Å². The number of nitro benzene ring substituents is 1. The molecule has 104 valence electrons. The standard InChI is InChI=1S/C10H12N2O6S/c1-7-2-3-9(12(15)16)8(6-7)11-19(17,18)5-4-10(13)14/h2-3,6,11H,4-5H2,1H3,(H,13,14). The summed E-state index contributed by atoms with van der Waals surface area (Å²) >= 11 is 0. The van der Waals surface area contributed by atoms with Gasteiger partial charge in [0.2, 0.25) is 10.0 Å². The molecule has 8 nitrogen and oxygen atoms in total. The molecule has 9 heteroatoms. The number of carboxylic acids is 1. The Kier molecular flexibility index (Phi) is 4.43. The van der Waals surface area contributed by atoms with E-state index < -0.39 is 33.1 Å². The monoisotopic (exact) mass is 288 g/mol. The van der Waals surface area contributed by atoms with Gasteiger partial charge in [0.05, 0.1) is 17.1 Å². The van der Waals surface area contributed by atoms with E-state index in [1.807, 2.05) is 4.72 Å². The van der Waals surface area contributed by atoms with Gasteiger partial charge in [-0.1, -0.05) is 6.07 Å². The number of rotatable bonds is 6. The smallest absolute Gasteiger partial charge is 0.304 e. The lowest BCUT2D eigenvalue weighted by molar-refractivity contribution is -0.383. The van der Waals surface area contributed by atoms with Crippen LogP contribution in [0.25, 0.3) is 0 Å². The lowest BCUT2D eigenvalue weighted by Crippen LogP contribution is -2.19. The Balaban J connectivity index is 3.01. The molecule has 0 bridgehead atoms. The molecule has 19 heavy (non-hydrogen) atoms. The van der Waals surface area contributed by atoms with Crippen molar-refractivity contribution in [2.45, 2.75) is 13.3 Å². The first-order valence-electron chi connectivity index (χ1n) is 5.18. The number of sulfonamides is 1. The third kappa shape index (κ3) is 4.54. The van der Waals surface area contributed by atoms with Crippen molar-refractivity contribution in [3.63, 3.8) is 0 Å². The zero-order valence-corrected chi connectivity index (χ0v) is 10.8. The molecule has 0 unspecified atom stereocenters. The number of nitro groups is 1. The van der Waals surface area contributed by atoms with Crippen LogP contribution in [0, 0.1) is 17.0 Å². The van der Waals surface area contributed by atoms with Crippen LogP contribution < -0.4 is 4.72 Å². The molecule has 0 aromatic heterocycles. The van der Waals surface area contributed by atoms with Gasteiger partial charge in [-0.3, -0.25) is 19.6 Å². The second-order valence-corrected chi connectivity index (χ2v) is 5.68. The molecule has 0 saturated heterocycles. The molecule has 1 aromatic rings. The highest BCUT2D eigenvalue weighted by Crippen LogP contribution is 2.26. The van der Waals surface area contributed by atoms with Gasteiger partial charge >= 0.3 is 5.97 Å². The Bertz CT molecular complexity index is 610. The third-order valence-electron chi connectivity index (χ3n) is 2.20. The minimum Gasteiger partial charge on any atom is -0.481 e. The summed E-state index contributed by atoms with van der Waals surface area (Å²) in [5.41, 5.74) is 0.0847. The van der Waals surface area contributed by atoms with Crippen molar-refractivity contribution >= 4 is 27.4 Å². The van der Waals surface area contributed by atoms with Gasteiger partial charge in [0, 0.05) is 6.07 Å². The van der Waals surface area contributed by atoms with Crippen molar-refractivity contribution < 1.29 is 23.2 Å². The third-order valence-corrected chi connectivity index (χ3v) is 3.47. The van der Waals surface area contributed by atoms with Crippen LogP contribution in [0.3, 0.4) is 0 Å². The lowest BCUT2D eigenvalue weighted by Gasteiger charge is -2.08. The van der Waals surface area contributed by atoms with E-state index >= 15 is 0 Å². The Labute approximate surface area is 109 Å². The number of nitrogens with one attached hydrogen (secondary N) is 1. The molecular formula is C10H12N2O6S. The number of aryl methyl sites for hydroxylation is 1. The molecule has 0 radical (unpaired) electrons. The number of benzene rings is 1. The molecule has 0 atom stereocenters. The predicted octanol–water partition coefficient (Wildman–Crippen LogP) is 1.12. The van der Waals surface area contributed by atoms with Crippen LogP contribution in [-0.4, -0.2) is 30.2 Å². The van der Waals surface area contributed by atoms with Crippen LogP contribution in [0.15, 0.2) is 18.2 Å². The molecule has 0 aliphatic heterocycles. The summed E-state index contributed by atoms with van der Waals surface area (Å²) in [5.74, 6) is -1.91. The second-order valence-electron chi connectivity index (χ2n) is 3.84. The number of hydrogen-bond donors (Lipinski definition) is 2. The maximum absolute atomic E-state index is 11.6. The van der Waals surface area contributed by atoms with Gasteiger partial charge < -0.3 is 5.11 Å². The van der Waals surface area contributed by atoms with E-state index in [2.05, 4.69) is 0 Å². The number of carboxylic acid groups (broad SMARTS) is 1. The van der Waals surface area contributed by atoms with Gasteiger partial charge in [0.15, 0.2) is 0 Å². The number of hydrogen-bond acceptors (Lipinski definition) is 5. The zero-order valence-electron chi connectivity index (χ0n) is 9.99. The number of anilines is 1. The summed E-state index contributed by atoms with van der Waals surface area (Å²) < 4.78 is 25.2. The van der Waals surface area contributed by atoms with Gasteiger partial charge in [-0.2, -0.15) is 0 Å². The van der Waals surface area contributed by atoms with Gasteiger partial charge in [-0.25, -0.2) is 8.42 Å². The highest BCUT2D eigenvalue weighted by atomic mass is 32.2. The first-order chi connectivity index (χ1) is 8.71. The molecule has 0 fully saturated rings. The Hall–Kier alpha value is -2.16. The molecule has 0 amide bonds. The van der Waals surface area contributed by atoms with Crippen LogP contribution >= 0.6 is 0 Å². The van der Waals surface area contributed by atoms with Crippen molar-refractivity contribution in [1.82, 2.24) is 0 Å². The Morgan fingerprint density at radius 2 is 2.11 bits per heavy atom. The predicted molar refractivity (Wildman–Crippen MR) is 67.5 cm³/mol. The molecule has 0 saturated carbocycles. The van der Waals surface area contributed by atoms with Crippen molar-refractivity contribution in [3.8, 4) is 0 Å². The molecule has 2 N–H and O–H groups in total. The summed E-state index contributed by atoms with van der Waals surface area (Å²) in [6.45, 7) is 1.65. The molecule has 0 aliphatic carbocycles. The molecule has 0 spiro atoms. The van der Waals surface area contributed by atoms with Crippen molar-refractivity contribution in [3.05, 3.63) is 33.9 Å². The molecule has 0 aliphatic rings. The van der Waals surface area contributed by atoms with Gasteiger partial charge in [0.1, 0.15) is 5.69 Å². The molecular weight excluding hydrogens is 276 g/mol. The van der Waals surface area contributed by atoms with Crippen LogP contribution in [0.1, 0.15) is 12.0 Å². The van der Waals surface area contributed by atoms with E-state index in [0.717, 1.165) is 0 Å². The number of nitrogens with zero attached hydrogens (tertiary/aromatic N) is 1. The van der Waals surface area contributed by atoms with Crippen LogP contribution in [-0.2, 0) is 14.8 Å². The minimum atomic E-state index is -3.94. The maximum Gasteiger partial charge on any atom is 0.304 e. The van der Waals surface area contributed by atoms with E-state index in [9.17, 15) is 23.3 Å². The molecule has 0 heterocycles. The highest BCUT2D eigenvalue weighted by molar-refractivity contribution is 7.92. The second kappa shape index (κ2) is 5.65.